The molecule has 0 saturated carbocycles. The summed E-state index contributed by atoms with van der Waals surface area (Å²) in [5, 5.41) is 5.48. The number of thiophene rings is 1. The molecular weight excluding hydrogens is 340 g/mol. The predicted molar refractivity (Wildman–Crippen MR) is 94.7 cm³/mol. The summed E-state index contributed by atoms with van der Waals surface area (Å²) in [6, 6.07) is 14.4. The van der Waals surface area contributed by atoms with Gasteiger partial charge in [0, 0.05) is 0 Å². The van der Waals surface area contributed by atoms with Gasteiger partial charge in [0.25, 0.3) is 0 Å². The fourth-order valence-corrected chi connectivity index (χ4v) is 2.66. The molecule has 0 fully saturated rings. The first-order valence-corrected chi connectivity index (χ1v) is 8.37. The molecule has 0 radical (unpaired) electrons. The van der Waals surface area contributed by atoms with Crippen molar-refractivity contribution in [2.75, 3.05) is 0 Å². The Kier molecular flexibility index (Phi) is 5.15. The highest BCUT2D eigenvalue weighted by atomic mass is 32.1. The maximum absolute atomic E-state index is 11.9. The Labute approximate surface area is 148 Å². The molecule has 0 aliphatic carbocycles. The highest BCUT2D eigenvalue weighted by Gasteiger charge is 2.14. The van der Waals surface area contributed by atoms with Gasteiger partial charge in [-0.15, -0.1) is 11.3 Å². The van der Waals surface area contributed by atoms with Gasteiger partial charge >= 0.3 is 5.97 Å². The standard InChI is InChI=1S/C18H16N2O4S/c1-12-5-2-3-6-14(12)22-11-13-8-9-15(23-13)18(21)24-20-17(19)16-7-4-10-25-16/h2-10H,11H2,1H3,(H2,19,20). The van der Waals surface area contributed by atoms with E-state index in [0.717, 1.165) is 16.2 Å². The van der Waals surface area contributed by atoms with E-state index in [2.05, 4.69) is 5.16 Å². The predicted octanol–water partition coefficient (Wildman–Crippen LogP) is 3.71. The lowest BCUT2D eigenvalue weighted by atomic mass is 10.2. The summed E-state index contributed by atoms with van der Waals surface area (Å²) in [7, 11) is 0. The molecule has 0 spiro atoms. The number of furan rings is 1. The van der Waals surface area contributed by atoms with Gasteiger partial charge < -0.3 is 19.7 Å². The number of para-hydroxylation sites is 1. The van der Waals surface area contributed by atoms with Crippen LogP contribution < -0.4 is 10.5 Å². The molecule has 0 amide bonds. The van der Waals surface area contributed by atoms with Crippen molar-refractivity contribution < 1.29 is 18.8 Å². The van der Waals surface area contributed by atoms with Crippen molar-refractivity contribution in [3.05, 3.63) is 75.9 Å². The third-order valence-corrected chi connectivity index (χ3v) is 4.22. The number of carbonyl (C=O) groups excluding carboxylic acids is 1. The summed E-state index contributed by atoms with van der Waals surface area (Å²) < 4.78 is 11.1. The quantitative estimate of drug-likeness (QED) is 0.315. The number of carbonyl (C=O) groups is 1. The van der Waals surface area contributed by atoms with Crippen LogP contribution in [0.5, 0.6) is 5.75 Å². The van der Waals surface area contributed by atoms with E-state index in [9.17, 15) is 4.79 Å². The maximum Gasteiger partial charge on any atom is 0.400 e. The number of oxime groups is 1. The number of hydrogen-bond acceptors (Lipinski definition) is 6. The zero-order chi connectivity index (χ0) is 17.6. The average molecular weight is 356 g/mol. The molecule has 3 rings (SSSR count). The summed E-state index contributed by atoms with van der Waals surface area (Å²) in [5.74, 6) is 0.715. The first kappa shape index (κ1) is 16.8. The van der Waals surface area contributed by atoms with Gasteiger partial charge in [-0.3, -0.25) is 0 Å². The molecule has 7 heteroatoms. The molecule has 2 aromatic heterocycles. The number of nitrogens with two attached hydrogens (primary N) is 1. The lowest BCUT2D eigenvalue weighted by Gasteiger charge is -2.06. The second kappa shape index (κ2) is 7.67. The number of nitrogens with zero attached hydrogens (tertiary/aromatic N) is 1. The molecule has 0 aliphatic heterocycles. The van der Waals surface area contributed by atoms with Gasteiger partial charge in [0.05, 0.1) is 4.88 Å². The van der Waals surface area contributed by atoms with Crippen LogP contribution in [0.25, 0.3) is 0 Å². The van der Waals surface area contributed by atoms with Crippen molar-refractivity contribution >= 4 is 23.1 Å². The van der Waals surface area contributed by atoms with E-state index in [1.807, 2.05) is 42.6 Å². The lowest BCUT2D eigenvalue weighted by molar-refractivity contribution is 0.0475. The molecule has 3 aromatic rings. The SMILES string of the molecule is Cc1ccccc1OCc1ccc(C(=O)O/N=C(\N)c2cccs2)o1. The molecule has 1 aromatic carbocycles. The van der Waals surface area contributed by atoms with Gasteiger partial charge in [0.2, 0.25) is 5.76 Å². The molecule has 2 heterocycles. The summed E-state index contributed by atoms with van der Waals surface area (Å²) >= 11 is 1.40. The molecule has 0 aliphatic rings. The summed E-state index contributed by atoms with van der Waals surface area (Å²) in [6.45, 7) is 2.16. The van der Waals surface area contributed by atoms with Crippen molar-refractivity contribution in [2.24, 2.45) is 10.9 Å². The molecule has 128 valence electrons. The smallest absolute Gasteiger partial charge is 0.400 e. The number of benzene rings is 1. The van der Waals surface area contributed by atoms with Crippen molar-refractivity contribution in [2.45, 2.75) is 13.5 Å². The van der Waals surface area contributed by atoms with E-state index in [1.54, 1.807) is 12.1 Å². The highest BCUT2D eigenvalue weighted by Crippen LogP contribution is 2.19. The minimum atomic E-state index is -0.721. The Morgan fingerprint density at radius 2 is 2.04 bits per heavy atom. The van der Waals surface area contributed by atoms with E-state index < -0.39 is 5.97 Å². The highest BCUT2D eigenvalue weighted by molar-refractivity contribution is 7.12. The Morgan fingerprint density at radius 1 is 1.20 bits per heavy atom. The van der Waals surface area contributed by atoms with E-state index in [4.69, 9.17) is 19.7 Å². The average Bonchev–Trinajstić information content (AvgIpc) is 3.30. The van der Waals surface area contributed by atoms with Gasteiger partial charge in [0.15, 0.2) is 5.84 Å². The minimum absolute atomic E-state index is 0.0334. The first-order chi connectivity index (χ1) is 12.1. The van der Waals surface area contributed by atoms with Crippen LogP contribution in [0.2, 0.25) is 0 Å². The fourth-order valence-electron chi connectivity index (χ4n) is 2.04. The van der Waals surface area contributed by atoms with Crippen LogP contribution in [0.3, 0.4) is 0 Å². The number of ether oxygens (including phenoxy) is 1. The van der Waals surface area contributed by atoms with Gasteiger partial charge in [-0.05, 0) is 42.1 Å². The number of aryl methyl sites for hydroxylation is 1. The van der Waals surface area contributed by atoms with E-state index in [-0.39, 0.29) is 18.2 Å². The van der Waals surface area contributed by atoms with E-state index in [0.29, 0.717) is 5.76 Å². The monoisotopic (exact) mass is 356 g/mol. The van der Waals surface area contributed by atoms with Gasteiger partial charge in [0.1, 0.15) is 18.1 Å². The molecule has 2 N–H and O–H groups in total. The van der Waals surface area contributed by atoms with Gasteiger partial charge in [-0.2, -0.15) is 0 Å². The van der Waals surface area contributed by atoms with Crippen LogP contribution in [-0.2, 0) is 11.4 Å². The minimum Gasteiger partial charge on any atom is -0.485 e. The molecule has 0 unspecified atom stereocenters. The molecular formula is C18H16N2O4S. The number of hydrogen-bond donors (Lipinski definition) is 1. The van der Waals surface area contributed by atoms with Crippen LogP contribution in [-0.4, -0.2) is 11.8 Å². The first-order valence-electron chi connectivity index (χ1n) is 7.49. The normalized spacial score (nSPS) is 11.3. The summed E-state index contributed by atoms with van der Waals surface area (Å²) in [4.78, 5) is 17.5. The van der Waals surface area contributed by atoms with Crippen molar-refractivity contribution in [1.82, 2.24) is 0 Å². The summed E-state index contributed by atoms with van der Waals surface area (Å²) in [5.41, 5.74) is 6.75. The van der Waals surface area contributed by atoms with Crippen molar-refractivity contribution in [3.63, 3.8) is 0 Å². The third kappa shape index (κ3) is 4.27. The van der Waals surface area contributed by atoms with Crippen LogP contribution in [0.4, 0.5) is 0 Å². The van der Waals surface area contributed by atoms with Crippen LogP contribution in [0.1, 0.15) is 26.8 Å². The third-order valence-electron chi connectivity index (χ3n) is 3.33. The molecule has 0 saturated heterocycles. The number of rotatable bonds is 6. The van der Waals surface area contributed by atoms with Crippen LogP contribution in [0.15, 0.2) is 63.5 Å². The molecule has 6 nitrogen and oxygen atoms in total. The second-order valence-corrected chi connectivity index (χ2v) is 6.10. The fraction of sp³-hybridized carbons (Fsp3) is 0.111. The van der Waals surface area contributed by atoms with Crippen LogP contribution in [0, 0.1) is 6.92 Å². The molecule has 0 bridgehead atoms. The topological polar surface area (TPSA) is 87.0 Å². The Bertz CT molecular complexity index is 884. The Hall–Kier alpha value is -3.06. The zero-order valence-corrected chi connectivity index (χ0v) is 14.3. The Balaban J connectivity index is 1.58. The molecule has 0 atom stereocenters. The zero-order valence-electron chi connectivity index (χ0n) is 13.5. The Morgan fingerprint density at radius 3 is 2.80 bits per heavy atom. The second-order valence-electron chi connectivity index (χ2n) is 5.15. The van der Waals surface area contributed by atoms with Gasteiger partial charge in [-0.25, -0.2) is 4.79 Å². The molecule has 25 heavy (non-hydrogen) atoms. The van der Waals surface area contributed by atoms with E-state index in [1.165, 1.54) is 17.4 Å². The van der Waals surface area contributed by atoms with Crippen molar-refractivity contribution in [3.8, 4) is 5.75 Å². The number of amidine groups is 1. The van der Waals surface area contributed by atoms with Crippen LogP contribution >= 0.6 is 11.3 Å². The largest absolute Gasteiger partial charge is 0.485 e. The van der Waals surface area contributed by atoms with Crippen molar-refractivity contribution in [1.29, 1.82) is 0 Å². The maximum atomic E-state index is 11.9. The lowest BCUT2D eigenvalue weighted by Crippen LogP contribution is -2.13. The van der Waals surface area contributed by atoms with E-state index >= 15 is 0 Å². The van der Waals surface area contributed by atoms with Gasteiger partial charge in [-0.1, -0.05) is 29.4 Å². The summed E-state index contributed by atoms with van der Waals surface area (Å²) in [6.07, 6.45) is 0.